The lowest BCUT2D eigenvalue weighted by Crippen LogP contribution is -2.42. The molecule has 2 heterocycles. The molecular formula is C27H31N5O8. The summed E-state index contributed by atoms with van der Waals surface area (Å²) < 4.78 is 11.4. The number of hydrogen-bond acceptors (Lipinski definition) is 9. The number of fused-ring (bicyclic) bond motifs is 1. The summed E-state index contributed by atoms with van der Waals surface area (Å²) in [7, 11) is 2.58. The number of aliphatic carboxylic acids is 1. The maximum atomic E-state index is 13.2. The molecule has 40 heavy (non-hydrogen) atoms. The van der Waals surface area contributed by atoms with Crippen LogP contribution in [0.4, 0.5) is 11.5 Å². The summed E-state index contributed by atoms with van der Waals surface area (Å²) in [5.41, 5.74) is 1.03. The Morgan fingerprint density at radius 2 is 1.93 bits per heavy atom. The van der Waals surface area contributed by atoms with Gasteiger partial charge in [-0.3, -0.25) is 28.9 Å². The monoisotopic (exact) mass is 553 g/mol. The quantitative estimate of drug-likeness (QED) is 0.181. The number of benzene rings is 1. The fraction of sp³-hybridized carbons (Fsp3) is 0.407. The van der Waals surface area contributed by atoms with Gasteiger partial charge in [0.15, 0.2) is 5.75 Å². The van der Waals surface area contributed by atoms with Gasteiger partial charge in [0.1, 0.15) is 23.7 Å². The number of carbonyl (C=O) groups excluding carboxylic acids is 2. The van der Waals surface area contributed by atoms with Crippen molar-refractivity contribution in [3.8, 4) is 17.0 Å². The van der Waals surface area contributed by atoms with E-state index in [1.807, 2.05) is 0 Å². The van der Waals surface area contributed by atoms with Crippen LogP contribution in [0.3, 0.4) is 0 Å². The highest BCUT2D eigenvalue weighted by molar-refractivity contribution is 5.96. The molecule has 1 aromatic carbocycles. The van der Waals surface area contributed by atoms with E-state index in [0.717, 1.165) is 32.1 Å². The third-order valence-corrected chi connectivity index (χ3v) is 7.10. The minimum atomic E-state index is -0.973. The Kier molecular flexibility index (Phi) is 8.82. The minimum absolute atomic E-state index is 0.0782. The van der Waals surface area contributed by atoms with Crippen LogP contribution >= 0.6 is 0 Å². The Hall–Kier alpha value is -4.68. The number of hydrogen-bond donors (Lipinski definition) is 3. The molecule has 1 aliphatic carbocycles. The smallest absolute Gasteiger partial charge is 0.325 e. The molecule has 1 saturated carbocycles. The number of imidazole rings is 1. The summed E-state index contributed by atoms with van der Waals surface area (Å²) in [4.78, 5) is 52.2. The molecule has 0 bridgehead atoms. The van der Waals surface area contributed by atoms with Crippen molar-refractivity contribution in [3.05, 3.63) is 52.2 Å². The molecule has 1 unspecified atom stereocenters. The lowest BCUT2D eigenvalue weighted by Gasteiger charge is -2.30. The second-order valence-electron chi connectivity index (χ2n) is 9.60. The first-order chi connectivity index (χ1) is 19.2. The fourth-order valence-corrected chi connectivity index (χ4v) is 5.08. The van der Waals surface area contributed by atoms with Gasteiger partial charge in [0, 0.05) is 29.4 Å². The zero-order chi connectivity index (χ0) is 28.8. The number of aromatic nitrogens is 2. The highest BCUT2D eigenvalue weighted by atomic mass is 16.6. The van der Waals surface area contributed by atoms with Crippen LogP contribution in [0, 0.1) is 16.0 Å². The maximum Gasteiger partial charge on any atom is 0.325 e. The van der Waals surface area contributed by atoms with Crippen molar-refractivity contribution in [2.75, 3.05) is 26.1 Å². The number of nitrogens with zero attached hydrogens (tertiary/aromatic N) is 3. The summed E-state index contributed by atoms with van der Waals surface area (Å²) in [5, 5.41) is 26.9. The van der Waals surface area contributed by atoms with Gasteiger partial charge >= 0.3 is 17.6 Å². The van der Waals surface area contributed by atoms with Crippen molar-refractivity contribution in [1.82, 2.24) is 14.7 Å². The molecule has 1 atom stereocenters. The molecule has 1 aliphatic rings. The topological polar surface area (TPSA) is 174 Å². The van der Waals surface area contributed by atoms with E-state index in [0.29, 0.717) is 22.7 Å². The lowest BCUT2D eigenvalue weighted by atomic mass is 9.82. The van der Waals surface area contributed by atoms with E-state index in [1.54, 1.807) is 28.8 Å². The predicted molar refractivity (Wildman–Crippen MR) is 144 cm³/mol. The number of anilines is 1. The van der Waals surface area contributed by atoms with Crippen LogP contribution in [0.5, 0.6) is 5.75 Å². The van der Waals surface area contributed by atoms with Crippen LogP contribution in [-0.4, -0.2) is 64.1 Å². The summed E-state index contributed by atoms with van der Waals surface area (Å²) in [5.74, 6) is -1.40. The van der Waals surface area contributed by atoms with Gasteiger partial charge in [-0.25, -0.2) is 4.98 Å². The van der Waals surface area contributed by atoms with Gasteiger partial charge in [0.2, 0.25) is 0 Å². The largest absolute Gasteiger partial charge is 0.490 e. The van der Waals surface area contributed by atoms with E-state index in [2.05, 4.69) is 15.6 Å². The molecule has 1 amide bonds. The molecule has 3 aromatic rings. The van der Waals surface area contributed by atoms with E-state index in [9.17, 15) is 29.6 Å². The van der Waals surface area contributed by atoms with Crippen molar-refractivity contribution in [2.45, 2.75) is 44.6 Å². The number of amides is 1. The Labute approximate surface area is 229 Å². The van der Waals surface area contributed by atoms with Crippen LogP contribution < -0.4 is 15.4 Å². The van der Waals surface area contributed by atoms with E-state index in [1.165, 1.54) is 26.4 Å². The first kappa shape index (κ1) is 28.3. The van der Waals surface area contributed by atoms with Gasteiger partial charge < -0.3 is 25.2 Å². The van der Waals surface area contributed by atoms with Gasteiger partial charge in [0.25, 0.3) is 5.91 Å². The number of nitro groups is 1. The number of esters is 1. The molecule has 212 valence electrons. The molecule has 2 aromatic heterocycles. The number of pyridine rings is 1. The van der Waals surface area contributed by atoms with Gasteiger partial charge in [-0.05, 0) is 43.0 Å². The molecule has 0 spiro atoms. The van der Waals surface area contributed by atoms with Crippen LogP contribution in [0.15, 0.2) is 36.5 Å². The SMILES string of the molecule is COC(=O)CNc1c(-c2ccc(OC)c([N+](=O)[O-])c2)nc2cc(C(=O)NC(CC(=O)O)C3CCCCC3)ccn12. The summed E-state index contributed by atoms with van der Waals surface area (Å²) in [6.45, 7) is -0.198. The molecule has 4 rings (SSSR count). The van der Waals surface area contributed by atoms with Gasteiger partial charge in [-0.1, -0.05) is 19.3 Å². The molecule has 13 heteroatoms. The molecular weight excluding hydrogens is 522 g/mol. The Bertz CT molecular complexity index is 1430. The standard InChI is InChI=1S/C27H31N5O8/c1-39-21-9-8-17(12-20(21)32(37)38)25-26(28-15-24(35)40-2)31-11-10-18(13-22(31)30-25)27(36)29-19(14-23(33)34)16-6-4-3-5-7-16/h8-13,16,19,28H,3-7,14-15H2,1-2H3,(H,29,36)(H,33,34). The van der Waals surface area contributed by atoms with Gasteiger partial charge in [0.05, 0.1) is 25.6 Å². The summed E-state index contributed by atoms with van der Waals surface area (Å²) in [6, 6.07) is 6.98. The number of ether oxygens (including phenoxy) is 2. The second-order valence-corrected chi connectivity index (χ2v) is 9.60. The van der Waals surface area contributed by atoms with E-state index >= 15 is 0 Å². The van der Waals surface area contributed by atoms with Crippen LogP contribution in [-0.2, 0) is 14.3 Å². The van der Waals surface area contributed by atoms with Crippen molar-refractivity contribution in [3.63, 3.8) is 0 Å². The number of nitro benzene ring substituents is 1. The first-order valence-electron chi connectivity index (χ1n) is 12.9. The van der Waals surface area contributed by atoms with Crippen LogP contribution in [0.2, 0.25) is 0 Å². The van der Waals surface area contributed by atoms with E-state index in [-0.39, 0.29) is 35.9 Å². The van der Waals surface area contributed by atoms with E-state index in [4.69, 9.17) is 9.47 Å². The fourth-order valence-electron chi connectivity index (χ4n) is 5.08. The van der Waals surface area contributed by atoms with Crippen molar-refractivity contribution < 1.29 is 33.9 Å². The van der Waals surface area contributed by atoms with Gasteiger partial charge in [-0.15, -0.1) is 0 Å². The molecule has 0 radical (unpaired) electrons. The molecule has 0 saturated heterocycles. The number of nitrogens with one attached hydrogen (secondary N) is 2. The molecule has 0 aliphatic heterocycles. The molecule has 3 N–H and O–H groups in total. The van der Waals surface area contributed by atoms with Crippen molar-refractivity contribution >= 4 is 35.0 Å². The minimum Gasteiger partial charge on any atom is -0.490 e. The Morgan fingerprint density at radius 1 is 1.18 bits per heavy atom. The first-order valence-corrected chi connectivity index (χ1v) is 12.9. The Morgan fingerprint density at radius 3 is 2.58 bits per heavy atom. The lowest BCUT2D eigenvalue weighted by molar-refractivity contribution is -0.385. The normalized spacial score (nSPS) is 14.3. The summed E-state index contributed by atoms with van der Waals surface area (Å²) in [6.07, 6.45) is 6.27. The zero-order valence-corrected chi connectivity index (χ0v) is 22.2. The third-order valence-electron chi connectivity index (χ3n) is 7.10. The second kappa shape index (κ2) is 12.5. The van der Waals surface area contributed by atoms with E-state index < -0.39 is 28.8 Å². The maximum absolute atomic E-state index is 13.2. The third kappa shape index (κ3) is 6.30. The number of rotatable bonds is 11. The van der Waals surface area contributed by atoms with Crippen molar-refractivity contribution in [1.29, 1.82) is 0 Å². The zero-order valence-electron chi connectivity index (χ0n) is 22.2. The predicted octanol–water partition coefficient (Wildman–Crippen LogP) is 3.66. The average Bonchev–Trinajstić information content (AvgIpc) is 3.32. The van der Waals surface area contributed by atoms with Crippen LogP contribution in [0.1, 0.15) is 48.9 Å². The highest BCUT2D eigenvalue weighted by Crippen LogP contribution is 2.35. The average molecular weight is 554 g/mol. The van der Waals surface area contributed by atoms with Crippen molar-refractivity contribution in [2.24, 2.45) is 5.92 Å². The van der Waals surface area contributed by atoms with Gasteiger partial charge in [-0.2, -0.15) is 0 Å². The summed E-state index contributed by atoms with van der Waals surface area (Å²) >= 11 is 0. The number of carboxylic acids is 1. The molecule has 13 nitrogen and oxygen atoms in total. The Balaban J connectivity index is 1.71. The highest BCUT2D eigenvalue weighted by Gasteiger charge is 2.28. The molecule has 1 fully saturated rings. The number of methoxy groups -OCH3 is 2. The van der Waals surface area contributed by atoms with Crippen LogP contribution in [0.25, 0.3) is 16.9 Å². The number of carbonyl (C=O) groups is 3. The number of carboxylic acid groups (broad SMARTS) is 1.